The maximum Gasteiger partial charge on any atom is 0.249 e. The van der Waals surface area contributed by atoms with Gasteiger partial charge < -0.3 is 16.2 Å². The highest BCUT2D eigenvalue weighted by Gasteiger charge is 2.17. The molecule has 0 saturated carbocycles. The van der Waals surface area contributed by atoms with E-state index in [2.05, 4.69) is 5.32 Å². The Labute approximate surface area is 102 Å². The average molecular weight is 236 g/mol. The Morgan fingerprint density at radius 3 is 2.65 bits per heavy atom. The molecule has 4 heteroatoms. The highest BCUT2D eigenvalue weighted by atomic mass is 16.3. The van der Waals surface area contributed by atoms with E-state index >= 15 is 0 Å². The molecule has 0 radical (unpaired) electrons. The molecule has 0 aliphatic rings. The molecular weight excluding hydrogens is 216 g/mol. The van der Waals surface area contributed by atoms with Gasteiger partial charge in [-0.3, -0.25) is 4.79 Å². The van der Waals surface area contributed by atoms with Crippen LogP contribution in [0.25, 0.3) is 0 Å². The van der Waals surface area contributed by atoms with Crippen molar-refractivity contribution in [2.24, 2.45) is 5.73 Å². The van der Waals surface area contributed by atoms with Gasteiger partial charge in [-0.2, -0.15) is 0 Å². The molecule has 17 heavy (non-hydrogen) atoms. The van der Waals surface area contributed by atoms with Crippen LogP contribution in [0.2, 0.25) is 0 Å². The molecule has 0 bridgehead atoms. The number of hydrogen-bond acceptors (Lipinski definition) is 3. The van der Waals surface area contributed by atoms with Crippen molar-refractivity contribution in [3.63, 3.8) is 0 Å². The van der Waals surface area contributed by atoms with Gasteiger partial charge in [-0.1, -0.05) is 18.2 Å². The minimum absolute atomic E-state index is 0.136. The molecule has 1 aromatic rings. The molecule has 0 aliphatic carbocycles. The summed E-state index contributed by atoms with van der Waals surface area (Å²) in [4.78, 5) is 11.2. The van der Waals surface area contributed by atoms with E-state index in [1.807, 2.05) is 26.0 Å². The number of carbonyl (C=O) groups excluding carboxylic acids is 1. The van der Waals surface area contributed by atoms with Crippen LogP contribution in [-0.4, -0.2) is 23.2 Å². The van der Waals surface area contributed by atoms with Crippen LogP contribution in [0.4, 0.5) is 0 Å². The average Bonchev–Trinajstić information content (AvgIpc) is 2.27. The van der Waals surface area contributed by atoms with E-state index in [0.717, 1.165) is 5.56 Å². The summed E-state index contributed by atoms with van der Waals surface area (Å²) in [5, 5.41) is 12.2. The highest BCUT2D eigenvalue weighted by molar-refractivity contribution is 5.94. The number of primary amides is 1. The van der Waals surface area contributed by atoms with Gasteiger partial charge in [-0.15, -0.1) is 0 Å². The third-order valence-electron chi connectivity index (χ3n) is 2.78. The molecule has 0 fully saturated rings. The maximum atomic E-state index is 11.2. The van der Waals surface area contributed by atoms with Crippen molar-refractivity contribution in [1.82, 2.24) is 5.32 Å². The molecule has 0 spiro atoms. The zero-order valence-electron chi connectivity index (χ0n) is 10.4. The van der Waals surface area contributed by atoms with Crippen LogP contribution in [-0.2, 0) is 6.54 Å². The fraction of sp³-hybridized carbons (Fsp3) is 0.462. The summed E-state index contributed by atoms with van der Waals surface area (Å²) < 4.78 is 0. The largest absolute Gasteiger partial charge is 0.396 e. The molecule has 4 nitrogen and oxygen atoms in total. The van der Waals surface area contributed by atoms with Gasteiger partial charge in [0.05, 0.1) is 0 Å². The summed E-state index contributed by atoms with van der Waals surface area (Å²) in [7, 11) is 0. The minimum atomic E-state index is -0.414. The van der Waals surface area contributed by atoms with Gasteiger partial charge in [-0.25, -0.2) is 0 Å². The summed E-state index contributed by atoms with van der Waals surface area (Å²) in [6.07, 6.45) is 0.658. The van der Waals surface area contributed by atoms with E-state index in [1.54, 1.807) is 12.1 Å². The Kier molecular flexibility index (Phi) is 4.66. The molecule has 0 atom stereocenters. The third-order valence-corrected chi connectivity index (χ3v) is 2.78. The van der Waals surface area contributed by atoms with E-state index in [4.69, 9.17) is 10.8 Å². The van der Waals surface area contributed by atoms with Gasteiger partial charge >= 0.3 is 0 Å². The first-order valence-corrected chi connectivity index (χ1v) is 5.70. The first kappa shape index (κ1) is 13.7. The molecule has 94 valence electrons. The second-order valence-electron chi connectivity index (χ2n) is 4.73. The van der Waals surface area contributed by atoms with Gasteiger partial charge in [0, 0.05) is 24.3 Å². The van der Waals surface area contributed by atoms with Gasteiger partial charge in [0.1, 0.15) is 0 Å². The van der Waals surface area contributed by atoms with Crippen LogP contribution in [0.5, 0.6) is 0 Å². The molecular formula is C13H20N2O2. The lowest BCUT2D eigenvalue weighted by Gasteiger charge is -2.26. The molecule has 0 saturated heterocycles. The lowest BCUT2D eigenvalue weighted by molar-refractivity contribution is 0.0999. The zero-order valence-corrected chi connectivity index (χ0v) is 10.4. The topological polar surface area (TPSA) is 75.3 Å². The Bertz CT molecular complexity index is 389. The van der Waals surface area contributed by atoms with Crippen LogP contribution in [0.15, 0.2) is 24.3 Å². The highest BCUT2D eigenvalue weighted by Crippen LogP contribution is 2.12. The first-order chi connectivity index (χ1) is 7.96. The Hall–Kier alpha value is -1.39. The van der Waals surface area contributed by atoms with E-state index in [9.17, 15) is 4.79 Å². The Balaban J connectivity index is 2.72. The molecule has 4 N–H and O–H groups in total. The molecule has 1 rings (SSSR count). The van der Waals surface area contributed by atoms with E-state index < -0.39 is 5.91 Å². The summed E-state index contributed by atoms with van der Waals surface area (Å²) >= 11 is 0. The van der Waals surface area contributed by atoms with Crippen molar-refractivity contribution in [2.75, 3.05) is 6.61 Å². The lowest BCUT2D eigenvalue weighted by atomic mass is 9.99. The predicted octanol–water partition coefficient (Wildman–Crippen LogP) is 1.04. The Morgan fingerprint density at radius 1 is 1.41 bits per heavy atom. The van der Waals surface area contributed by atoms with Crippen molar-refractivity contribution < 1.29 is 9.90 Å². The summed E-state index contributed by atoms with van der Waals surface area (Å²) in [6, 6.07) is 7.27. The van der Waals surface area contributed by atoms with Crippen LogP contribution >= 0.6 is 0 Å². The van der Waals surface area contributed by atoms with Crippen molar-refractivity contribution in [3.8, 4) is 0 Å². The van der Waals surface area contributed by atoms with Gasteiger partial charge in [0.25, 0.3) is 0 Å². The second kappa shape index (κ2) is 5.80. The zero-order chi connectivity index (χ0) is 12.9. The van der Waals surface area contributed by atoms with Crippen molar-refractivity contribution in [3.05, 3.63) is 35.4 Å². The maximum absolute atomic E-state index is 11.2. The quantitative estimate of drug-likeness (QED) is 0.690. The number of nitrogens with one attached hydrogen (secondary N) is 1. The number of amides is 1. The summed E-state index contributed by atoms with van der Waals surface area (Å²) in [6.45, 7) is 4.72. The van der Waals surface area contributed by atoms with E-state index in [-0.39, 0.29) is 12.1 Å². The van der Waals surface area contributed by atoms with Gasteiger partial charge in [0.15, 0.2) is 0 Å². The fourth-order valence-electron chi connectivity index (χ4n) is 1.62. The molecule has 0 aliphatic heterocycles. The number of nitrogens with two attached hydrogens (primary N) is 1. The van der Waals surface area contributed by atoms with E-state index in [1.165, 1.54) is 0 Å². The molecule has 1 amide bonds. The van der Waals surface area contributed by atoms with Crippen LogP contribution < -0.4 is 11.1 Å². The lowest BCUT2D eigenvalue weighted by Crippen LogP contribution is -2.39. The monoisotopic (exact) mass is 236 g/mol. The molecule has 0 aromatic heterocycles. The van der Waals surface area contributed by atoms with E-state index in [0.29, 0.717) is 18.5 Å². The summed E-state index contributed by atoms with van der Waals surface area (Å²) in [5.41, 5.74) is 6.56. The number of hydrogen-bond donors (Lipinski definition) is 3. The number of aliphatic hydroxyl groups is 1. The SMILES string of the molecule is CC(C)(CCO)NCc1ccccc1C(N)=O. The summed E-state index contributed by atoms with van der Waals surface area (Å²) in [5.74, 6) is -0.414. The standard InChI is InChI=1S/C13H20N2O2/c1-13(2,7-8-16)15-9-10-5-3-4-6-11(10)12(14)17/h3-6,15-16H,7-9H2,1-2H3,(H2,14,17). The molecule has 0 heterocycles. The van der Waals surface area contributed by atoms with Crippen molar-refractivity contribution >= 4 is 5.91 Å². The third kappa shape index (κ3) is 4.17. The second-order valence-corrected chi connectivity index (χ2v) is 4.73. The first-order valence-electron chi connectivity index (χ1n) is 5.70. The van der Waals surface area contributed by atoms with Crippen molar-refractivity contribution in [2.45, 2.75) is 32.4 Å². The normalized spacial score (nSPS) is 11.5. The van der Waals surface area contributed by atoms with Gasteiger partial charge in [-0.05, 0) is 31.9 Å². The smallest absolute Gasteiger partial charge is 0.249 e. The number of rotatable bonds is 6. The molecule has 0 unspecified atom stereocenters. The number of benzene rings is 1. The van der Waals surface area contributed by atoms with Gasteiger partial charge in [0.2, 0.25) is 5.91 Å². The predicted molar refractivity (Wildman–Crippen MR) is 67.6 cm³/mol. The molecule has 1 aromatic carbocycles. The number of carbonyl (C=O) groups is 1. The van der Waals surface area contributed by atoms with Crippen LogP contribution in [0.3, 0.4) is 0 Å². The van der Waals surface area contributed by atoms with Crippen LogP contribution in [0, 0.1) is 0 Å². The minimum Gasteiger partial charge on any atom is -0.396 e. The Morgan fingerprint density at radius 2 is 2.06 bits per heavy atom. The van der Waals surface area contributed by atoms with Crippen molar-refractivity contribution in [1.29, 1.82) is 0 Å². The van der Waals surface area contributed by atoms with Crippen LogP contribution in [0.1, 0.15) is 36.2 Å². The fourth-order valence-corrected chi connectivity index (χ4v) is 1.62. The number of aliphatic hydroxyl groups excluding tert-OH is 1.